The molecule has 1 amide bonds. The second-order valence-electron chi connectivity index (χ2n) is 7.86. The lowest BCUT2D eigenvalue weighted by molar-refractivity contribution is -0.162. The Bertz CT molecular complexity index is 671. The lowest BCUT2D eigenvalue weighted by Crippen LogP contribution is -2.33. The SMILES string of the molecule is CCCCCCCCc1ccc(C(COC(=O)C(CC)C(=O)OCC)NC(C)=O)cc1. The maximum absolute atomic E-state index is 12.3. The van der Waals surface area contributed by atoms with E-state index >= 15 is 0 Å². The number of ether oxygens (including phenoxy) is 2. The molecule has 0 aromatic heterocycles. The third kappa shape index (κ3) is 10.5. The predicted molar refractivity (Wildman–Crippen MR) is 121 cm³/mol. The first kappa shape index (κ1) is 26.7. The Kier molecular flexibility index (Phi) is 13.3. The van der Waals surface area contributed by atoms with Crippen molar-refractivity contribution >= 4 is 17.8 Å². The van der Waals surface area contributed by atoms with Crippen LogP contribution in [-0.4, -0.2) is 31.1 Å². The second kappa shape index (κ2) is 15.4. The van der Waals surface area contributed by atoms with E-state index in [1.165, 1.54) is 51.0 Å². The van der Waals surface area contributed by atoms with Gasteiger partial charge in [-0.15, -0.1) is 0 Å². The van der Waals surface area contributed by atoms with Crippen molar-refractivity contribution in [3.8, 4) is 0 Å². The minimum absolute atomic E-state index is 0.0366. The molecule has 1 aromatic carbocycles. The number of hydrogen-bond donors (Lipinski definition) is 1. The van der Waals surface area contributed by atoms with Gasteiger partial charge >= 0.3 is 11.9 Å². The number of unbranched alkanes of at least 4 members (excludes halogenated alkanes) is 5. The maximum atomic E-state index is 12.3. The maximum Gasteiger partial charge on any atom is 0.320 e. The molecule has 2 unspecified atom stereocenters. The molecule has 0 heterocycles. The quantitative estimate of drug-likeness (QED) is 0.242. The molecule has 0 fully saturated rings. The van der Waals surface area contributed by atoms with Crippen LogP contribution in [0.2, 0.25) is 0 Å². The van der Waals surface area contributed by atoms with E-state index in [0.717, 1.165) is 12.0 Å². The first-order valence-corrected chi connectivity index (χ1v) is 11.6. The van der Waals surface area contributed by atoms with E-state index in [1.54, 1.807) is 13.8 Å². The third-order valence-corrected chi connectivity index (χ3v) is 5.23. The van der Waals surface area contributed by atoms with Gasteiger partial charge in [-0.2, -0.15) is 0 Å². The smallest absolute Gasteiger partial charge is 0.320 e. The summed E-state index contributed by atoms with van der Waals surface area (Å²) in [6.07, 6.45) is 8.90. The Morgan fingerprint density at radius 3 is 2.06 bits per heavy atom. The molecule has 174 valence electrons. The molecule has 0 aliphatic rings. The van der Waals surface area contributed by atoms with Gasteiger partial charge in [0.1, 0.15) is 6.61 Å². The molecule has 6 nitrogen and oxygen atoms in total. The van der Waals surface area contributed by atoms with E-state index < -0.39 is 23.9 Å². The molecule has 0 saturated carbocycles. The summed E-state index contributed by atoms with van der Waals surface area (Å²) < 4.78 is 10.3. The Morgan fingerprint density at radius 2 is 1.48 bits per heavy atom. The normalized spacial score (nSPS) is 12.6. The topological polar surface area (TPSA) is 81.7 Å². The van der Waals surface area contributed by atoms with Crippen LogP contribution >= 0.6 is 0 Å². The largest absolute Gasteiger partial charge is 0.465 e. The number of hydrogen-bond acceptors (Lipinski definition) is 5. The summed E-state index contributed by atoms with van der Waals surface area (Å²) in [6.45, 7) is 7.25. The number of carbonyl (C=O) groups excluding carboxylic acids is 3. The standard InChI is InChI=1S/C25H39NO5/c1-5-8-9-10-11-12-13-20-14-16-21(17-15-20)23(26-19(4)27)18-31-25(29)22(6-2)24(28)30-7-3/h14-17,22-23H,5-13,18H2,1-4H3,(H,26,27). The number of carbonyl (C=O) groups is 3. The lowest BCUT2D eigenvalue weighted by atomic mass is 10.0. The molecule has 1 rings (SSSR count). The van der Waals surface area contributed by atoms with Crippen LogP contribution in [0.5, 0.6) is 0 Å². The van der Waals surface area contributed by atoms with Crippen molar-refractivity contribution in [3.05, 3.63) is 35.4 Å². The summed E-state index contributed by atoms with van der Waals surface area (Å²) in [7, 11) is 0. The zero-order chi connectivity index (χ0) is 23.1. The van der Waals surface area contributed by atoms with Crippen molar-refractivity contribution in [1.29, 1.82) is 0 Å². The summed E-state index contributed by atoms with van der Waals surface area (Å²) in [5.41, 5.74) is 2.12. The van der Waals surface area contributed by atoms with Gasteiger partial charge < -0.3 is 14.8 Å². The summed E-state index contributed by atoms with van der Waals surface area (Å²) in [5, 5.41) is 2.82. The first-order valence-electron chi connectivity index (χ1n) is 11.6. The van der Waals surface area contributed by atoms with Gasteiger partial charge in [-0.25, -0.2) is 0 Å². The van der Waals surface area contributed by atoms with Crippen molar-refractivity contribution in [2.45, 2.75) is 85.1 Å². The molecule has 0 radical (unpaired) electrons. The van der Waals surface area contributed by atoms with Gasteiger partial charge in [0.25, 0.3) is 0 Å². The van der Waals surface area contributed by atoms with E-state index in [2.05, 4.69) is 24.4 Å². The molecule has 2 atom stereocenters. The third-order valence-electron chi connectivity index (χ3n) is 5.23. The Morgan fingerprint density at radius 1 is 0.871 bits per heavy atom. The van der Waals surface area contributed by atoms with Crippen molar-refractivity contribution in [3.63, 3.8) is 0 Å². The Balaban J connectivity index is 2.65. The van der Waals surface area contributed by atoms with E-state index in [4.69, 9.17) is 9.47 Å². The van der Waals surface area contributed by atoms with Crippen molar-refractivity contribution < 1.29 is 23.9 Å². The predicted octanol–water partition coefficient (Wildman–Crippen LogP) is 4.90. The molecule has 1 aromatic rings. The van der Waals surface area contributed by atoms with Crippen LogP contribution in [0.25, 0.3) is 0 Å². The minimum atomic E-state index is -0.947. The van der Waals surface area contributed by atoms with Crippen LogP contribution in [0.3, 0.4) is 0 Å². The summed E-state index contributed by atoms with van der Waals surface area (Å²) in [5.74, 6) is -2.37. The van der Waals surface area contributed by atoms with Gasteiger partial charge in [-0.1, -0.05) is 70.2 Å². The lowest BCUT2D eigenvalue weighted by Gasteiger charge is -2.20. The molecule has 0 aliphatic heterocycles. The van der Waals surface area contributed by atoms with Crippen LogP contribution in [0, 0.1) is 5.92 Å². The van der Waals surface area contributed by atoms with E-state index in [0.29, 0.717) is 6.42 Å². The number of esters is 2. The summed E-state index contributed by atoms with van der Waals surface area (Å²) in [6, 6.07) is 7.58. The fraction of sp³-hybridized carbons (Fsp3) is 0.640. The van der Waals surface area contributed by atoms with E-state index in [9.17, 15) is 14.4 Å². The fourth-order valence-electron chi connectivity index (χ4n) is 3.43. The molecule has 0 aliphatic carbocycles. The second-order valence-corrected chi connectivity index (χ2v) is 7.86. The van der Waals surface area contributed by atoms with Gasteiger partial charge in [0.05, 0.1) is 12.6 Å². The molecule has 0 bridgehead atoms. The average molecular weight is 434 g/mol. The van der Waals surface area contributed by atoms with Crippen molar-refractivity contribution in [2.24, 2.45) is 5.92 Å². The van der Waals surface area contributed by atoms with Crippen molar-refractivity contribution in [1.82, 2.24) is 5.32 Å². The van der Waals surface area contributed by atoms with Gasteiger partial charge in [0.15, 0.2) is 5.92 Å². The van der Waals surface area contributed by atoms with Gasteiger partial charge in [-0.3, -0.25) is 14.4 Å². The average Bonchev–Trinajstić information content (AvgIpc) is 2.74. The van der Waals surface area contributed by atoms with E-state index in [-0.39, 0.29) is 19.1 Å². The van der Waals surface area contributed by atoms with E-state index in [1.807, 2.05) is 12.1 Å². The Hall–Kier alpha value is -2.37. The highest BCUT2D eigenvalue weighted by atomic mass is 16.6. The molecule has 31 heavy (non-hydrogen) atoms. The summed E-state index contributed by atoms with van der Waals surface area (Å²) in [4.78, 5) is 35.9. The number of rotatable bonds is 15. The summed E-state index contributed by atoms with van der Waals surface area (Å²) >= 11 is 0. The van der Waals surface area contributed by atoms with Crippen LogP contribution in [0.1, 0.15) is 89.8 Å². The first-order chi connectivity index (χ1) is 14.9. The highest BCUT2D eigenvalue weighted by molar-refractivity contribution is 5.94. The fourth-order valence-corrected chi connectivity index (χ4v) is 3.43. The van der Waals surface area contributed by atoms with Crippen LogP contribution in [0.4, 0.5) is 0 Å². The zero-order valence-electron chi connectivity index (χ0n) is 19.6. The highest BCUT2D eigenvalue weighted by Gasteiger charge is 2.28. The molecule has 1 N–H and O–H groups in total. The molecular formula is C25H39NO5. The van der Waals surface area contributed by atoms with Gasteiger partial charge in [-0.05, 0) is 37.3 Å². The number of benzene rings is 1. The number of amides is 1. The molecular weight excluding hydrogens is 394 g/mol. The highest BCUT2D eigenvalue weighted by Crippen LogP contribution is 2.18. The molecule has 0 spiro atoms. The molecule has 6 heteroatoms. The monoisotopic (exact) mass is 433 g/mol. The van der Waals surface area contributed by atoms with Crippen LogP contribution in [0.15, 0.2) is 24.3 Å². The number of nitrogens with one attached hydrogen (secondary N) is 1. The Labute approximate surface area is 187 Å². The van der Waals surface area contributed by atoms with Gasteiger partial charge in [0, 0.05) is 6.92 Å². The van der Waals surface area contributed by atoms with Crippen LogP contribution in [-0.2, 0) is 30.3 Å². The van der Waals surface area contributed by atoms with Gasteiger partial charge in [0.2, 0.25) is 5.91 Å². The van der Waals surface area contributed by atoms with Crippen LogP contribution < -0.4 is 5.32 Å². The molecule has 0 saturated heterocycles. The number of aryl methyl sites for hydroxylation is 1. The van der Waals surface area contributed by atoms with Crippen molar-refractivity contribution in [2.75, 3.05) is 13.2 Å². The zero-order valence-corrected chi connectivity index (χ0v) is 19.6. The minimum Gasteiger partial charge on any atom is -0.465 e.